The molecule has 106 valence electrons. The fourth-order valence-electron chi connectivity index (χ4n) is 2.66. The molecule has 1 unspecified atom stereocenters. The summed E-state index contributed by atoms with van der Waals surface area (Å²) in [4.78, 5) is 0. The summed E-state index contributed by atoms with van der Waals surface area (Å²) in [5, 5.41) is 0. The molecule has 0 radical (unpaired) electrons. The van der Waals surface area contributed by atoms with Crippen LogP contribution < -0.4 is 15.2 Å². The van der Waals surface area contributed by atoms with E-state index < -0.39 is 0 Å². The summed E-state index contributed by atoms with van der Waals surface area (Å²) in [5.41, 5.74) is 8.27. The highest BCUT2D eigenvalue weighted by Crippen LogP contribution is 2.46. The smallest absolute Gasteiger partial charge is 0.165 e. The molecule has 0 fully saturated rings. The molecule has 1 aromatic carbocycles. The van der Waals surface area contributed by atoms with Gasteiger partial charge in [-0.2, -0.15) is 0 Å². The highest BCUT2D eigenvalue weighted by molar-refractivity contribution is 9.10. The standard InChI is InChI=1S/C15H22BrNO2/c1-9(2)13-14(10(3)4-5-17)11(16)8-12-15(13)19-7-6-18-12/h8-10H,4-7,17H2,1-3H3. The number of benzene rings is 1. The minimum Gasteiger partial charge on any atom is -0.486 e. The van der Waals surface area contributed by atoms with Crippen LogP contribution in [-0.2, 0) is 0 Å². The van der Waals surface area contributed by atoms with E-state index in [4.69, 9.17) is 15.2 Å². The average Bonchev–Trinajstić information content (AvgIpc) is 2.37. The normalized spacial score (nSPS) is 15.7. The second-order valence-electron chi connectivity index (χ2n) is 5.34. The third kappa shape index (κ3) is 2.90. The van der Waals surface area contributed by atoms with Gasteiger partial charge in [0, 0.05) is 10.0 Å². The van der Waals surface area contributed by atoms with Crippen LogP contribution in [0.25, 0.3) is 0 Å². The molecule has 1 aromatic rings. The lowest BCUT2D eigenvalue weighted by molar-refractivity contribution is 0.169. The van der Waals surface area contributed by atoms with Gasteiger partial charge in [0.1, 0.15) is 13.2 Å². The van der Waals surface area contributed by atoms with Crippen LogP contribution in [0.3, 0.4) is 0 Å². The summed E-state index contributed by atoms with van der Waals surface area (Å²) in [7, 11) is 0. The quantitative estimate of drug-likeness (QED) is 0.914. The number of ether oxygens (including phenoxy) is 2. The van der Waals surface area contributed by atoms with E-state index in [0.717, 1.165) is 22.4 Å². The van der Waals surface area contributed by atoms with Crippen molar-refractivity contribution in [1.29, 1.82) is 0 Å². The van der Waals surface area contributed by atoms with E-state index in [1.807, 2.05) is 6.07 Å². The van der Waals surface area contributed by atoms with Crippen LogP contribution in [-0.4, -0.2) is 19.8 Å². The molecular formula is C15H22BrNO2. The molecule has 4 heteroatoms. The van der Waals surface area contributed by atoms with Crippen molar-refractivity contribution in [2.24, 2.45) is 5.73 Å². The molecule has 0 bridgehead atoms. The second kappa shape index (κ2) is 6.14. The van der Waals surface area contributed by atoms with Crippen molar-refractivity contribution in [3.63, 3.8) is 0 Å². The lowest BCUT2D eigenvalue weighted by Gasteiger charge is -2.28. The monoisotopic (exact) mass is 327 g/mol. The van der Waals surface area contributed by atoms with Gasteiger partial charge >= 0.3 is 0 Å². The van der Waals surface area contributed by atoms with E-state index in [2.05, 4.69) is 36.7 Å². The van der Waals surface area contributed by atoms with Crippen molar-refractivity contribution >= 4 is 15.9 Å². The number of halogens is 1. The van der Waals surface area contributed by atoms with Gasteiger partial charge in [-0.25, -0.2) is 0 Å². The van der Waals surface area contributed by atoms with Crippen LogP contribution in [0.15, 0.2) is 10.5 Å². The first-order valence-electron chi connectivity index (χ1n) is 6.88. The summed E-state index contributed by atoms with van der Waals surface area (Å²) in [6.07, 6.45) is 0.970. The first-order valence-corrected chi connectivity index (χ1v) is 7.67. The summed E-state index contributed by atoms with van der Waals surface area (Å²) in [5.74, 6) is 2.57. The van der Waals surface area contributed by atoms with Crippen molar-refractivity contribution in [2.75, 3.05) is 19.8 Å². The van der Waals surface area contributed by atoms with Crippen molar-refractivity contribution in [2.45, 2.75) is 39.0 Å². The van der Waals surface area contributed by atoms with Crippen LogP contribution in [0.5, 0.6) is 11.5 Å². The Morgan fingerprint density at radius 3 is 2.53 bits per heavy atom. The van der Waals surface area contributed by atoms with Gasteiger partial charge in [-0.15, -0.1) is 0 Å². The summed E-state index contributed by atoms with van der Waals surface area (Å²) >= 11 is 3.69. The highest BCUT2D eigenvalue weighted by Gasteiger charge is 2.26. The van der Waals surface area contributed by atoms with E-state index in [-0.39, 0.29) is 0 Å². The minimum atomic E-state index is 0.392. The predicted octanol–water partition coefficient (Wildman–Crippen LogP) is 3.80. The predicted molar refractivity (Wildman–Crippen MR) is 81.3 cm³/mol. The molecule has 2 N–H and O–H groups in total. The molecule has 2 rings (SSSR count). The van der Waals surface area contributed by atoms with E-state index in [9.17, 15) is 0 Å². The molecule has 0 aromatic heterocycles. The third-order valence-corrected chi connectivity index (χ3v) is 4.19. The minimum absolute atomic E-state index is 0.392. The maximum Gasteiger partial charge on any atom is 0.165 e. The van der Waals surface area contributed by atoms with E-state index >= 15 is 0 Å². The van der Waals surface area contributed by atoms with Crippen molar-refractivity contribution in [1.82, 2.24) is 0 Å². The highest BCUT2D eigenvalue weighted by atomic mass is 79.9. The Morgan fingerprint density at radius 1 is 1.21 bits per heavy atom. The molecule has 3 nitrogen and oxygen atoms in total. The summed E-state index contributed by atoms with van der Waals surface area (Å²) in [6.45, 7) is 8.54. The Labute approximate surface area is 123 Å². The molecule has 0 saturated carbocycles. The molecule has 0 amide bonds. The second-order valence-corrected chi connectivity index (χ2v) is 6.20. The molecule has 1 aliphatic rings. The van der Waals surface area contributed by atoms with Crippen LogP contribution in [0.1, 0.15) is 50.2 Å². The zero-order valence-corrected chi connectivity index (χ0v) is 13.4. The van der Waals surface area contributed by atoms with Gasteiger partial charge in [-0.1, -0.05) is 36.7 Å². The zero-order chi connectivity index (χ0) is 14.0. The van der Waals surface area contributed by atoms with Crippen LogP contribution >= 0.6 is 15.9 Å². The lowest BCUT2D eigenvalue weighted by Crippen LogP contribution is -2.19. The first kappa shape index (κ1) is 14.7. The SMILES string of the molecule is CC(C)c1c2c(cc(Br)c1C(C)CCN)OCCO2. The zero-order valence-electron chi connectivity index (χ0n) is 11.8. The summed E-state index contributed by atoms with van der Waals surface area (Å²) < 4.78 is 12.7. The Kier molecular flexibility index (Phi) is 4.74. The van der Waals surface area contributed by atoms with Crippen LogP contribution in [0, 0.1) is 0 Å². The maximum absolute atomic E-state index is 5.86. The Hall–Kier alpha value is -0.740. The fraction of sp³-hybridized carbons (Fsp3) is 0.600. The number of rotatable bonds is 4. The lowest BCUT2D eigenvalue weighted by atomic mass is 9.87. The number of hydrogen-bond acceptors (Lipinski definition) is 3. The van der Waals surface area contributed by atoms with Gasteiger partial charge in [0.05, 0.1) is 0 Å². The number of fused-ring (bicyclic) bond motifs is 1. The molecule has 1 heterocycles. The van der Waals surface area contributed by atoms with E-state index in [1.165, 1.54) is 11.1 Å². The molecule has 19 heavy (non-hydrogen) atoms. The molecule has 1 aliphatic heterocycles. The van der Waals surface area contributed by atoms with Crippen LogP contribution in [0.4, 0.5) is 0 Å². The van der Waals surface area contributed by atoms with Gasteiger partial charge in [0.25, 0.3) is 0 Å². The molecular weight excluding hydrogens is 306 g/mol. The van der Waals surface area contributed by atoms with Gasteiger partial charge in [-0.3, -0.25) is 0 Å². The topological polar surface area (TPSA) is 44.5 Å². The third-order valence-electron chi connectivity index (χ3n) is 3.53. The first-order chi connectivity index (χ1) is 9.06. The van der Waals surface area contributed by atoms with Crippen molar-refractivity contribution < 1.29 is 9.47 Å². The molecule has 0 spiro atoms. The Morgan fingerprint density at radius 2 is 1.89 bits per heavy atom. The molecule has 1 atom stereocenters. The van der Waals surface area contributed by atoms with Gasteiger partial charge < -0.3 is 15.2 Å². The molecule has 0 saturated heterocycles. The fourth-order valence-corrected chi connectivity index (χ4v) is 3.47. The number of hydrogen-bond donors (Lipinski definition) is 1. The molecule has 0 aliphatic carbocycles. The summed E-state index contributed by atoms with van der Waals surface area (Å²) in [6, 6.07) is 2.03. The Balaban J connectivity index is 2.57. The Bertz CT molecular complexity index is 460. The largest absolute Gasteiger partial charge is 0.486 e. The maximum atomic E-state index is 5.86. The van der Waals surface area contributed by atoms with Gasteiger partial charge in [-0.05, 0) is 36.4 Å². The average molecular weight is 328 g/mol. The van der Waals surface area contributed by atoms with E-state index in [1.54, 1.807) is 0 Å². The van der Waals surface area contributed by atoms with Crippen molar-refractivity contribution in [3.05, 3.63) is 21.7 Å². The van der Waals surface area contributed by atoms with E-state index in [0.29, 0.717) is 31.6 Å². The number of nitrogens with two attached hydrogens (primary N) is 1. The van der Waals surface area contributed by atoms with Gasteiger partial charge in [0.2, 0.25) is 0 Å². The van der Waals surface area contributed by atoms with Crippen molar-refractivity contribution in [3.8, 4) is 11.5 Å². The van der Waals surface area contributed by atoms with Gasteiger partial charge in [0.15, 0.2) is 11.5 Å². The van der Waals surface area contributed by atoms with Crippen LogP contribution in [0.2, 0.25) is 0 Å².